The number of rotatable bonds is 4. The lowest BCUT2D eigenvalue weighted by atomic mass is 10.1. The van der Waals surface area contributed by atoms with Gasteiger partial charge >= 0.3 is 0 Å². The number of nitrogens with zero attached hydrogens (tertiary/aromatic N) is 2. The first-order chi connectivity index (χ1) is 10.1. The van der Waals surface area contributed by atoms with Crippen LogP contribution in [0.5, 0.6) is 0 Å². The zero-order valence-electron chi connectivity index (χ0n) is 12.2. The van der Waals surface area contributed by atoms with Gasteiger partial charge in [-0.3, -0.25) is 4.79 Å². The van der Waals surface area contributed by atoms with E-state index < -0.39 is 0 Å². The van der Waals surface area contributed by atoms with Crippen LogP contribution in [0.25, 0.3) is 0 Å². The van der Waals surface area contributed by atoms with Crippen molar-refractivity contribution in [3.63, 3.8) is 0 Å². The highest BCUT2D eigenvalue weighted by atomic mass is 32.2. The minimum Gasteiger partial charge on any atom is -0.392 e. The standard InChI is InChI=1S/C15H17N3O2S/c1-9-13(15(21-3)17-10(2)16-9)14(20)18-12-7-5-4-6-11(12)8-19/h4-7,19H,8H2,1-3H3,(H,18,20). The first-order valence-electron chi connectivity index (χ1n) is 6.46. The molecule has 0 aliphatic carbocycles. The maximum absolute atomic E-state index is 12.5. The van der Waals surface area contributed by atoms with Gasteiger partial charge in [0, 0.05) is 11.3 Å². The molecule has 0 unspecified atom stereocenters. The number of aliphatic hydroxyl groups excluding tert-OH is 1. The van der Waals surface area contributed by atoms with Gasteiger partial charge in [0.25, 0.3) is 5.91 Å². The molecule has 0 bridgehead atoms. The van der Waals surface area contributed by atoms with Gasteiger partial charge in [0.05, 0.1) is 17.9 Å². The van der Waals surface area contributed by atoms with Crippen LogP contribution in [0.4, 0.5) is 5.69 Å². The SMILES string of the molecule is CSc1nc(C)nc(C)c1C(=O)Nc1ccccc1CO. The van der Waals surface area contributed by atoms with E-state index in [2.05, 4.69) is 15.3 Å². The highest BCUT2D eigenvalue weighted by Gasteiger charge is 2.18. The summed E-state index contributed by atoms with van der Waals surface area (Å²) in [5.41, 5.74) is 2.38. The fraction of sp³-hybridized carbons (Fsp3) is 0.267. The van der Waals surface area contributed by atoms with Crippen LogP contribution in [-0.4, -0.2) is 27.2 Å². The second-order valence-electron chi connectivity index (χ2n) is 4.51. The van der Waals surface area contributed by atoms with Crippen molar-refractivity contribution in [1.82, 2.24) is 9.97 Å². The van der Waals surface area contributed by atoms with E-state index in [-0.39, 0.29) is 12.5 Å². The number of nitrogens with one attached hydrogen (secondary N) is 1. The molecule has 0 radical (unpaired) electrons. The van der Waals surface area contributed by atoms with Crippen molar-refractivity contribution in [2.24, 2.45) is 0 Å². The minimum absolute atomic E-state index is 0.130. The number of carbonyl (C=O) groups is 1. The van der Waals surface area contributed by atoms with Crippen molar-refractivity contribution < 1.29 is 9.90 Å². The molecule has 2 aromatic rings. The van der Waals surface area contributed by atoms with Gasteiger partial charge in [-0.15, -0.1) is 11.8 Å². The summed E-state index contributed by atoms with van der Waals surface area (Å²) in [6, 6.07) is 7.15. The Hall–Kier alpha value is -1.92. The predicted molar refractivity (Wildman–Crippen MR) is 83.6 cm³/mol. The number of aliphatic hydroxyl groups is 1. The lowest BCUT2D eigenvalue weighted by Gasteiger charge is -2.13. The molecule has 0 fully saturated rings. The summed E-state index contributed by atoms with van der Waals surface area (Å²) in [6.07, 6.45) is 1.87. The van der Waals surface area contributed by atoms with E-state index in [1.807, 2.05) is 18.4 Å². The first kappa shape index (κ1) is 15.5. The second kappa shape index (κ2) is 6.69. The zero-order valence-corrected chi connectivity index (χ0v) is 13.0. The van der Waals surface area contributed by atoms with Crippen molar-refractivity contribution in [1.29, 1.82) is 0 Å². The second-order valence-corrected chi connectivity index (χ2v) is 5.30. The molecular weight excluding hydrogens is 286 g/mol. The molecule has 0 aliphatic rings. The number of hydrogen-bond donors (Lipinski definition) is 2. The minimum atomic E-state index is -0.266. The average molecular weight is 303 g/mol. The lowest BCUT2D eigenvalue weighted by Crippen LogP contribution is -2.18. The van der Waals surface area contributed by atoms with E-state index in [1.54, 1.807) is 26.0 Å². The average Bonchev–Trinajstić information content (AvgIpc) is 2.46. The van der Waals surface area contributed by atoms with Gasteiger partial charge in [0.15, 0.2) is 0 Å². The Balaban J connectivity index is 2.37. The molecule has 2 N–H and O–H groups in total. The number of amides is 1. The Morgan fingerprint density at radius 2 is 2.00 bits per heavy atom. The fourth-order valence-electron chi connectivity index (χ4n) is 2.06. The molecule has 1 heterocycles. The van der Waals surface area contributed by atoms with Crippen LogP contribution in [0, 0.1) is 13.8 Å². The van der Waals surface area contributed by atoms with Crippen molar-refractivity contribution in [2.45, 2.75) is 25.5 Å². The third-order valence-electron chi connectivity index (χ3n) is 3.02. The van der Waals surface area contributed by atoms with Crippen LogP contribution in [0.2, 0.25) is 0 Å². The molecule has 1 amide bonds. The Bertz CT molecular complexity index is 674. The Morgan fingerprint density at radius 1 is 1.29 bits per heavy atom. The van der Waals surface area contributed by atoms with Crippen LogP contribution in [-0.2, 0) is 6.61 Å². The van der Waals surface area contributed by atoms with Crippen molar-refractivity contribution in [3.8, 4) is 0 Å². The highest BCUT2D eigenvalue weighted by molar-refractivity contribution is 7.98. The van der Waals surface area contributed by atoms with E-state index in [9.17, 15) is 9.90 Å². The van der Waals surface area contributed by atoms with Gasteiger partial charge in [0.1, 0.15) is 10.9 Å². The van der Waals surface area contributed by atoms with Crippen LogP contribution < -0.4 is 5.32 Å². The molecular formula is C15H17N3O2S. The number of hydrogen-bond acceptors (Lipinski definition) is 5. The van der Waals surface area contributed by atoms with Crippen LogP contribution in [0.1, 0.15) is 27.4 Å². The van der Waals surface area contributed by atoms with Crippen LogP contribution in [0.3, 0.4) is 0 Å². The number of anilines is 1. The van der Waals surface area contributed by atoms with Gasteiger partial charge in [-0.25, -0.2) is 9.97 Å². The molecule has 2 rings (SSSR count). The smallest absolute Gasteiger partial charge is 0.260 e. The maximum Gasteiger partial charge on any atom is 0.260 e. The molecule has 0 atom stereocenters. The largest absolute Gasteiger partial charge is 0.392 e. The number of aryl methyl sites for hydroxylation is 2. The first-order valence-corrected chi connectivity index (χ1v) is 7.68. The summed E-state index contributed by atoms with van der Waals surface area (Å²) < 4.78 is 0. The molecule has 110 valence electrons. The van der Waals surface area contributed by atoms with Gasteiger partial charge in [0.2, 0.25) is 0 Å². The molecule has 21 heavy (non-hydrogen) atoms. The molecule has 0 spiro atoms. The van der Waals surface area contributed by atoms with Crippen LogP contribution in [0.15, 0.2) is 29.3 Å². The number of para-hydroxylation sites is 1. The van der Waals surface area contributed by atoms with Gasteiger partial charge in [-0.2, -0.15) is 0 Å². The van der Waals surface area contributed by atoms with Crippen molar-refractivity contribution in [2.75, 3.05) is 11.6 Å². The van der Waals surface area contributed by atoms with E-state index >= 15 is 0 Å². The van der Waals surface area contributed by atoms with Gasteiger partial charge in [-0.1, -0.05) is 18.2 Å². The maximum atomic E-state index is 12.5. The van der Waals surface area contributed by atoms with Crippen molar-refractivity contribution in [3.05, 3.63) is 46.9 Å². The summed E-state index contributed by atoms with van der Waals surface area (Å²) in [5.74, 6) is 0.377. The molecule has 1 aromatic heterocycles. The predicted octanol–water partition coefficient (Wildman–Crippen LogP) is 2.56. The summed E-state index contributed by atoms with van der Waals surface area (Å²) in [6.45, 7) is 3.46. The summed E-state index contributed by atoms with van der Waals surface area (Å²) in [7, 11) is 0. The Kier molecular flexibility index (Phi) is 4.93. The molecule has 0 aliphatic heterocycles. The molecule has 1 aromatic carbocycles. The number of carbonyl (C=O) groups excluding carboxylic acids is 1. The Morgan fingerprint density at radius 3 is 2.67 bits per heavy atom. The number of aromatic nitrogens is 2. The molecule has 5 nitrogen and oxygen atoms in total. The van der Waals surface area contributed by atoms with E-state index in [4.69, 9.17) is 0 Å². The van der Waals surface area contributed by atoms with E-state index in [1.165, 1.54) is 11.8 Å². The summed E-state index contributed by atoms with van der Waals surface area (Å²) in [5, 5.41) is 12.8. The highest BCUT2D eigenvalue weighted by Crippen LogP contribution is 2.23. The normalized spacial score (nSPS) is 10.5. The molecule has 0 saturated heterocycles. The van der Waals surface area contributed by atoms with Crippen LogP contribution >= 0.6 is 11.8 Å². The van der Waals surface area contributed by atoms with Crippen molar-refractivity contribution >= 4 is 23.4 Å². The Labute approximate surface area is 127 Å². The lowest BCUT2D eigenvalue weighted by molar-refractivity contribution is 0.102. The third kappa shape index (κ3) is 3.40. The van der Waals surface area contributed by atoms with E-state index in [0.717, 1.165) is 0 Å². The quantitative estimate of drug-likeness (QED) is 0.670. The number of benzene rings is 1. The van der Waals surface area contributed by atoms with Gasteiger partial charge < -0.3 is 10.4 Å². The third-order valence-corrected chi connectivity index (χ3v) is 3.71. The van der Waals surface area contributed by atoms with E-state index in [0.29, 0.717) is 33.4 Å². The fourth-order valence-corrected chi connectivity index (χ4v) is 2.72. The molecule has 6 heteroatoms. The topological polar surface area (TPSA) is 75.1 Å². The summed E-state index contributed by atoms with van der Waals surface area (Å²) >= 11 is 1.41. The number of thioether (sulfide) groups is 1. The monoisotopic (exact) mass is 303 g/mol. The zero-order chi connectivity index (χ0) is 15.4. The molecule has 0 saturated carbocycles. The van der Waals surface area contributed by atoms with Gasteiger partial charge in [-0.05, 0) is 26.2 Å². The summed E-state index contributed by atoms with van der Waals surface area (Å²) in [4.78, 5) is 21.1.